The number of amides is 1. The van der Waals surface area contributed by atoms with Crippen molar-refractivity contribution in [1.29, 1.82) is 0 Å². The van der Waals surface area contributed by atoms with Gasteiger partial charge in [0.1, 0.15) is 11.4 Å². The van der Waals surface area contributed by atoms with Crippen LogP contribution in [0.5, 0.6) is 0 Å². The molecular weight excluding hydrogens is 421 g/mol. The van der Waals surface area contributed by atoms with E-state index >= 15 is 0 Å². The molecule has 2 aromatic carbocycles. The number of hydrogen-bond acceptors (Lipinski definition) is 2. The van der Waals surface area contributed by atoms with Crippen molar-refractivity contribution in [3.8, 4) is 0 Å². The standard InChI is InChI=1S/C20H20BrClFNO2/c1-20(2,3)26-19(25)24-17(12-5-4-6-14(22)9-12)8-7-13-10-16(23)15(21)11-18(13)24/h4-6,9-11,17H,7-8H2,1-3H3. The van der Waals surface area contributed by atoms with Crippen LogP contribution in [0.1, 0.15) is 44.4 Å². The minimum atomic E-state index is -0.634. The molecule has 0 N–H and O–H groups in total. The number of carbonyl (C=O) groups excluding carboxylic acids is 1. The predicted octanol–water partition coefficient (Wildman–Crippen LogP) is 6.67. The minimum absolute atomic E-state index is 0.228. The number of anilines is 1. The van der Waals surface area contributed by atoms with Gasteiger partial charge in [-0.25, -0.2) is 9.18 Å². The van der Waals surface area contributed by atoms with Crippen molar-refractivity contribution in [2.45, 2.75) is 45.3 Å². The number of nitrogens with zero attached hydrogens (tertiary/aromatic N) is 1. The first-order valence-electron chi connectivity index (χ1n) is 8.41. The molecule has 0 spiro atoms. The first kappa shape index (κ1) is 19.2. The highest BCUT2D eigenvalue weighted by Crippen LogP contribution is 2.41. The maximum atomic E-state index is 14.0. The number of aryl methyl sites for hydroxylation is 1. The smallest absolute Gasteiger partial charge is 0.415 e. The van der Waals surface area contributed by atoms with Crippen LogP contribution >= 0.6 is 27.5 Å². The Morgan fingerprint density at radius 1 is 1.31 bits per heavy atom. The van der Waals surface area contributed by atoms with E-state index in [1.807, 2.05) is 39.0 Å². The molecule has 2 aromatic rings. The van der Waals surface area contributed by atoms with Crippen molar-refractivity contribution in [2.75, 3.05) is 4.90 Å². The molecule has 0 fully saturated rings. The van der Waals surface area contributed by atoms with Gasteiger partial charge in [-0.1, -0.05) is 23.7 Å². The summed E-state index contributed by atoms with van der Waals surface area (Å²) in [5, 5.41) is 0.609. The molecular formula is C20H20BrClFNO2. The average molecular weight is 441 g/mol. The van der Waals surface area contributed by atoms with Gasteiger partial charge in [0, 0.05) is 5.02 Å². The van der Waals surface area contributed by atoms with Gasteiger partial charge in [-0.3, -0.25) is 4.90 Å². The number of hydrogen-bond donors (Lipinski definition) is 0. The number of benzene rings is 2. The van der Waals surface area contributed by atoms with Gasteiger partial charge in [-0.05, 0) is 84.9 Å². The Kier molecular flexibility index (Phi) is 5.31. The van der Waals surface area contributed by atoms with Crippen LogP contribution in [-0.2, 0) is 11.2 Å². The maximum Gasteiger partial charge on any atom is 0.415 e. The zero-order valence-electron chi connectivity index (χ0n) is 14.9. The fourth-order valence-electron chi connectivity index (χ4n) is 3.16. The lowest BCUT2D eigenvalue weighted by Gasteiger charge is -2.38. The molecule has 1 aliphatic heterocycles. The van der Waals surface area contributed by atoms with Crippen molar-refractivity contribution >= 4 is 39.3 Å². The molecule has 26 heavy (non-hydrogen) atoms. The van der Waals surface area contributed by atoms with E-state index in [1.54, 1.807) is 17.0 Å². The molecule has 0 radical (unpaired) electrons. The van der Waals surface area contributed by atoms with Gasteiger partial charge in [-0.2, -0.15) is 0 Å². The van der Waals surface area contributed by atoms with E-state index in [0.29, 0.717) is 28.0 Å². The first-order valence-corrected chi connectivity index (χ1v) is 9.58. The van der Waals surface area contributed by atoms with Crippen LogP contribution in [0.4, 0.5) is 14.9 Å². The minimum Gasteiger partial charge on any atom is -0.443 e. The van der Waals surface area contributed by atoms with Crippen LogP contribution in [0.3, 0.4) is 0 Å². The largest absolute Gasteiger partial charge is 0.443 e. The number of fused-ring (bicyclic) bond motifs is 1. The van der Waals surface area contributed by atoms with Crippen LogP contribution in [0, 0.1) is 5.82 Å². The number of ether oxygens (including phenoxy) is 1. The van der Waals surface area contributed by atoms with E-state index in [0.717, 1.165) is 11.1 Å². The summed E-state index contributed by atoms with van der Waals surface area (Å²) in [6.45, 7) is 5.47. The monoisotopic (exact) mass is 439 g/mol. The Hall–Kier alpha value is -1.59. The number of rotatable bonds is 1. The molecule has 3 rings (SSSR count). The highest BCUT2D eigenvalue weighted by molar-refractivity contribution is 9.10. The molecule has 1 heterocycles. The summed E-state index contributed by atoms with van der Waals surface area (Å²) < 4.78 is 19.9. The second-order valence-electron chi connectivity index (χ2n) is 7.35. The van der Waals surface area contributed by atoms with E-state index in [1.165, 1.54) is 6.07 Å². The van der Waals surface area contributed by atoms with Crippen molar-refractivity contribution in [3.05, 3.63) is 62.8 Å². The Labute approximate surface area is 166 Å². The fourth-order valence-corrected chi connectivity index (χ4v) is 3.69. The summed E-state index contributed by atoms with van der Waals surface area (Å²) in [7, 11) is 0. The summed E-state index contributed by atoms with van der Waals surface area (Å²) >= 11 is 9.38. The molecule has 0 aromatic heterocycles. The first-order chi connectivity index (χ1) is 12.2. The molecule has 1 atom stereocenters. The molecule has 0 bridgehead atoms. The van der Waals surface area contributed by atoms with Crippen molar-refractivity contribution < 1.29 is 13.9 Å². The summed E-state index contributed by atoms with van der Waals surface area (Å²) in [6, 6.07) is 10.3. The Morgan fingerprint density at radius 3 is 2.69 bits per heavy atom. The maximum absolute atomic E-state index is 14.0. The molecule has 0 saturated carbocycles. The summed E-state index contributed by atoms with van der Waals surface area (Å²) in [6.07, 6.45) is 0.867. The Balaban J connectivity index is 2.09. The molecule has 1 aliphatic rings. The van der Waals surface area contributed by atoms with Gasteiger partial charge in [0.25, 0.3) is 0 Å². The van der Waals surface area contributed by atoms with Crippen molar-refractivity contribution in [3.63, 3.8) is 0 Å². The molecule has 138 valence electrons. The van der Waals surface area contributed by atoms with Crippen molar-refractivity contribution in [1.82, 2.24) is 0 Å². The van der Waals surface area contributed by atoms with E-state index in [-0.39, 0.29) is 11.9 Å². The molecule has 1 amide bonds. The van der Waals surface area contributed by atoms with Crippen LogP contribution in [0.15, 0.2) is 40.9 Å². The Morgan fingerprint density at radius 2 is 2.04 bits per heavy atom. The second kappa shape index (κ2) is 7.20. The lowest BCUT2D eigenvalue weighted by molar-refractivity contribution is 0.0560. The van der Waals surface area contributed by atoms with Crippen LogP contribution in [-0.4, -0.2) is 11.7 Å². The fraction of sp³-hybridized carbons (Fsp3) is 0.350. The normalized spacial score (nSPS) is 17.0. The quantitative estimate of drug-likeness (QED) is 0.495. The van der Waals surface area contributed by atoms with E-state index in [4.69, 9.17) is 16.3 Å². The van der Waals surface area contributed by atoms with Gasteiger partial charge in [0.2, 0.25) is 0 Å². The number of halogens is 3. The molecule has 6 heteroatoms. The highest BCUT2D eigenvalue weighted by atomic mass is 79.9. The van der Waals surface area contributed by atoms with Crippen molar-refractivity contribution in [2.24, 2.45) is 0 Å². The molecule has 3 nitrogen and oxygen atoms in total. The van der Waals surface area contributed by atoms with Gasteiger partial charge >= 0.3 is 6.09 Å². The molecule has 0 aliphatic carbocycles. The van der Waals surface area contributed by atoms with Gasteiger partial charge in [0.05, 0.1) is 16.2 Å². The van der Waals surface area contributed by atoms with Gasteiger partial charge in [-0.15, -0.1) is 0 Å². The molecule has 1 unspecified atom stereocenters. The van der Waals surface area contributed by atoms with E-state index in [9.17, 15) is 9.18 Å². The molecule has 0 saturated heterocycles. The lowest BCUT2D eigenvalue weighted by Crippen LogP contribution is -2.42. The van der Waals surface area contributed by atoms with Crippen LogP contribution in [0.2, 0.25) is 5.02 Å². The average Bonchev–Trinajstić information content (AvgIpc) is 2.53. The van der Waals surface area contributed by atoms with Gasteiger partial charge in [0.15, 0.2) is 0 Å². The third kappa shape index (κ3) is 4.04. The summed E-state index contributed by atoms with van der Waals surface area (Å²) in [5.74, 6) is -0.339. The van der Waals surface area contributed by atoms with Crippen LogP contribution in [0.25, 0.3) is 0 Å². The summed E-state index contributed by atoms with van der Waals surface area (Å²) in [4.78, 5) is 14.6. The third-order valence-electron chi connectivity index (χ3n) is 4.20. The third-order valence-corrected chi connectivity index (χ3v) is 5.05. The zero-order valence-corrected chi connectivity index (χ0v) is 17.2. The van der Waals surface area contributed by atoms with E-state index < -0.39 is 11.7 Å². The Bertz CT molecular complexity index is 850. The number of carbonyl (C=O) groups is 1. The second-order valence-corrected chi connectivity index (χ2v) is 8.65. The summed E-state index contributed by atoms with van der Waals surface area (Å²) in [5.41, 5.74) is 1.73. The zero-order chi connectivity index (χ0) is 19.1. The van der Waals surface area contributed by atoms with Gasteiger partial charge < -0.3 is 4.74 Å². The lowest BCUT2D eigenvalue weighted by atomic mass is 9.91. The van der Waals surface area contributed by atoms with E-state index in [2.05, 4.69) is 15.9 Å². The predicted molar refractivity (Wildman–Crippen MR) is 105 cm³/mol. The highest BCUT2D eigenvalue weighted by Gasteiger charge is 2.35. The SMILES string of the molecule is CC(C)(C)OC(=O)N1c2cc(Br)c(F)cc2CCC1c1cccc(Cl)c1. The topological polar surface area (TPSA) is 29.5 Å². The van der Waals surface area contributed by atoms with Crippen LogP contribution < -0.4 is 4.90 Å².